The molecule has 34 heavy (non-hydrogen) atoms. The van der Waals surface area contributed by atoms with Crippen LogP contribution in [0.4, 0.5) is 0 Å². The number of benzene rings is 2. The molecule has 0 aliphatic carbocycles. The Morgan fingerprint density at radius 2 is 1.74 bits per heavy atom. The number of amides is 1. The zero-order valence-corrected chi connectivity index (χ0v) is 20.8. The summed E-state index contributed by atoms with van der Waals surface area (Å²) < 4.78 is 34.2. The van der Waals surface area contributed by atoms with Crippen LogP contribution in [0.25, 0.3) is 10.2 Å². The highest BCUT2D eigenvalue weighted by Crippen LogP contribution is 2.21. The topological polar surface area (TPSA) is 98.0 Å². The largest absolute Gasteiger partial charge is 0.462 e. The summed E-state index contributed by atoms with van der Waals surface area (Å²) in [5.74, 6) is 1.59. The van der Waals surface area contributed by atoms with Crippen molar-refractivity contribution in [1.82, 2.24) is 8.87 Å². The molecule has 0 aliphatic heterocycles. The molecule has 178 valence electrons. The van der Waals surface area contributed by atoms with E-state index in [0.29, 0.717) is 23.5 Å². The minimum absolute atomic E-state index is 0.114. The highest BCUT2D eigenvalue weighted by Gasteiger charge is 2.21. The number of ether oxygens (including phenoxy) is 1. The maximum absolute atomic E-state index is 12.9. The molecule has 0 saturated carbocycles. The molecular formula is C24H25N3O5S2. The van der Waals surface area contributed by atoms with Crippen molar-refractivity contribution in [2.45, 2.75) is 32.2 Å². The number of sulfonamides is 1. The standard InChI is InChI=1S/C24H25N3O5S2/c1-5-15-27-20-14-11-18(23(29)32-8-4)16-21(20)33-24(27)25-22(28)17-9-12-19(13-10-17)34(30,31)26(6-2)7-3/h1,9-14,16H,6-8,15H2,2-4H3. The molecule has 2 aromatic carbocycles. The number of carbonyl (C=O) groups excluding carboxylic acids is 2. The molecule has 1 amide bonds. The number of esters is 1. The van der Waals surface area contributed by atoms with Crippen molar-refractivity contribution in [2.24, 2.45) is 4.99 Å². The van der Waals surface area contributed by atoms with Gasteiger partial charge in [-0.3, -0.25) is 4.79 Å². The van der Waals surface area contributed by atoms with Crippen molar-refractivity contribution < 1.29 is 22.7 Å². The highest BCUT2D eigenvalue weighted by atomic mass is 32.2. The zero-order chi connectivity index (χ0) is 24.9. The third-order valence-corrected chi connectivity index (χ3v) is 8.19. The summed E-state index contributed by atoms with van der Waals surface area (Å²) in [5, 5.41) is 0. The third kappa shape index (κ3) is 5.12. The van der Waals surface area contributed by atoms with Gasteiger partial charge in [0.05, 0.1) is 33.8 Å². The Hall–Kier alpha value is -3.26. The molecular weight excluding hydrogens is 474 g/mol. The fourth-order valence-corrected chi connectivity index (χ4v) is 5.90. The van der Waals surface area contributed by atoms with Crippen LogP contribution in [0.15, 0.2) is 52.4 Å². The second-order valence-electron chi connectivity index (χ2n) is 7.11. The molecule has 0 saturated heterocycles. The van der Waals surface area contributed by atoms with Crippen LogP contribution in [0.3, 0.4) is 0 Å². The molecule has 0 fully saturated rings. The highest BCUT2D eigenvalue weighted by molar-refractivity contribution is 7.89. The molecule has 1 heterocycles. The SMILES string of the molecule is C#CCn1c(=NC(=O)c2ccc(S(=O)(=O)N(CC)CC)cc2)sc2cc(C(=O)OCC)ccc21. The van der Waals surface area contributed by atoms with E-state index in [1.54, 1.807) is 43.5 Å². The third-order valence-electron chi connectivity index (χ3n) is 5.08. The van der Waals surface area contributed by atoms with E-state index in [1.807, 2.05) is 0 Å². The summed E-state index contributed by atoms with van der Waals surface area (Å²) in [7, 11) is -3.62. The van der Waals surface area contributed by atoms with Crippen LogP contribution >= 0.6 is 11.3 Å². The van der Waals surface area contributed by atoms with E-state index in [-0.39, 0.29) is 23.6 Å². The average molecular weight is 500 g/mol. The van der Waals surface area contributed by atoms with Gasteiger partial charge in [0, 0.05) is 18.7 Å². The monoisotopic (exact) mass is 499 g/mol. The van der Waals surface area contributed by atoms with E-state index in [0.717, 1.165) is 10.2 Å². The Labute approximate surface area is 202 Å². The van der Waals surface area contributed by atoms with Gasteiger partial charge in [-0.05, 0) is 49.4 Å². The summed E-state index contributed by atoms with van der Waals surface area (Å²) in [6, 6.07) is 10.8. The van der Waals surface area contributed by atoms with Crippen LogP contribution in [-0.4, -0.2) is 48.9 Å². The van der Waals surface area contributed by atoms with Crippen LogP contribution in [-0.2, 0) is 21.3 Å². The summed E-state index contributed by atoms with van der Waals surface area (Å²) in [6.45, 7) is 6.43. The van der Waals surface area contributed by atoms with Crippen molar-refractivity contribution in [1.29, 1.82) is 0 Å². The summed E-state index contributed by atoms with van der Waals surface area (Å²) >= 11 is 1.22. The van der Waals surface area contributed by atoms with Crippen molar-refractivity contribution in [2.75, 3.05) is 19.7 Å². The second-order valence-corrected chi connectivity index (χ2v) is 10.1. The first-order chi connectivity index (χ1) is 16.3. The van der Waals surface area contributed by atoms with Gasteiger partial charge >= 0.3 is 5.97 Å². The van der Waals surface area contributed by atoms with Crippen molar-refractivity contribution in [3.8, 4) is 12.3 Å². The van der Waals surface area contributed by atoms with Gasteiger partial charge < -0.3 is 9.30 Å². The molecule has 1 aromatic heterocycles. The lowest BCUT2D eigenvalue weighted by atomic mass is 10.2. The van der Waals surface area contributed by atoms with E-state index in [4.69, 9.17) is 11.2 Å². The van der Waals surface area contributed by atoms with Crippen LogP contribution in [0.5, 0.6) is 0 Å². The number of carbonyl (C=O) groups is 2. The quantitative estimate of drug-likeness (QED) is 0.350. The lowest BCUT2D eigenvalue weighted by Crippen LogP contribution is -2.30. The Morgan fingerprint density at radius 1 is 1.09 bits per heavy atom. The molecule has 0 aliphatic rings. The number of nitrogens with zero attached hydrogens (tertiary/aromatic N) is 3. The molecule has 3 aromatic rings. The average Bonchev–Trinajstić information content (AvgIpc) is 3.16. The van der Waals surface area contributed by atoms with Crippen LogP contribution in [0, 0.1) is 12.3 Å². The fraction of sp³-hybridized carbons (Fsp3) is 0.292. The molecule has 8 nitrogen and oxygen atoms in total. The molecule has 0 N–H and O–H groups in total. The van der Waals surface area contributed by atoms with E-state index in [1.165, 1.54) is 39.9 Å². The fourth-order valence-electron chi connectivity index (χ4n) is 3.38. The van der Waals surface area contributed by atoms with E-state index in [2.05, 4.69) is 10.9 Å². The number of hydrogen-bond acceptors (Lipinski definition) is 6. The number of hydrogen-bond donors (Lipinski definition) is 0. The predicted molar refractivity (Wildman–Crippen MR) is 131 cm³/mol. The Balaban J connectivity index is 2.00. The predicted octanol–water partition coefficient (Wildman–Crippen LogP) is 3.28. The van der Waals surface area contributed by atoms with E-state index >= 15 is 0 Å². The summed E-state index contributed by atoms with van der Waals surface area (Å²) in [5.41, 5.74) is 1.38. The molecule has 0 radical (unpaired) electrons. The molecule has 10 heteroatoms. The van der Waals surface area contributed by atoms with Crippen molar-refractivity contribution >= 4 is 43.5 Å². The summed E-state index contributed by atoms with van der Waals surface area (Å²) in [6.07, 6.45) is 5.52. The maximum Gasteiger partial charge on any atom is 0.338 e. The maximum atomic E-state index is 12.9. The minimum Gasteiger partial charge on any atom is -0.462 e. The van der Waals surface area contributed by atoms with Gasteiger partial charge in [-0.1, -0.05) is 31.1 Å². The van der Waals surface area contributed by atoms with Gasteiger partial charge in [0.15, 0.2) is 4.80 Å². The van der Waals surface area contributed by atoms with Crippen molar-refractivity contribution in [3.63, 3.8) is 0 Å². The first-order valence-corrected chi connectivity index (χ1v) is 13.0. The van der Waals surface area contributed by atoms with Crippen LogP contribution in [0.1, 0.15) is 41.5 Å². The number of thiazole rings is 1. The van der Waals surface area contributed by atoms with Crippen LogP contribution in [0.2, 0.25) is 0 Å². The van der Waals surface area contributed by atoms with Crippen molar-refractivity contribution in [3.05, 3.63) is 58.4 Å². The number of aromatic nitrogens is 1. The minimum atomic E-state index is -3.62. The van der Waals surface area contributed by atoms with Gasteiger partial charge in [0.1, 0.15) is 0 Å². The van der Waals surface area contributed by atoms with Gasteiger partial charge in [-0.15, -0.1) is 6.42 Å². The molecule has 0 bridgehead atoms. The normalized spacial score (nSPS) is 12.1. The molecule has 3 rings (SSSR count). The summed E-state index contributed by atoms with van der Waals surface area (Å²) in [4.78, 5) is 29.6. The lowest BCUT2D eigenvalue weighted by Gasteiger charge is -2.18. The Kier molecular flexibility index (Phi) is 8.04. The van der Waals surface area contributed by atoms with E-state index in [9.17, 15) is 18.0 Å². The Bertz CT molecular complexity index is 1420. The number of terminal acetylenes is 1. The first kappa shape index (κ1) is 25.4. The molecule has 0 unspecified atom stereocenters. The smallest absolute Gasteiger partial charge is 0.338 e. The van der Waals surface area contributed by atoms with Gasteiger partial charge in [-0.25, -0.2) is 13.2 Å². The second kappa shape index (κ2) is 10.8. The number of rotatable bonds is 8. The zero-order valence-electron chi connectivity index (χ0n) is 19.1. The van der Waals surface area contributed by atoms with Crippen LogP contribution < -0.4 is 4.80 Å². The Morgan fingerprint density at radius 3 is 2.32 bits per heavy atom. The van der Waals surface area contributed by atoms with Gasteiger partial charge in [-0.2, -0.15) is 9.30 Å². The first-order valence-electron chi connectivity index (χ1n) is 10.7. The van der Waals surface area contributed by atoms with Gasteiger partial charge in [0.25, 0.3) is 5.91 Å². The molecule has 0 atom stereocenters. The van der Waals surface area contributed by atoms with Gasteiger partial charge in [0.2, 0.25) is 10.0 Å². The van der Waals surface area contributed by atoms with E-state index < -0.39 is 21.9 Å². The number of fused-ring (bicyclic) bond motifs is 1. The lowest BCUT2D eigenvalue weighted by molar-refractivity contribution is 0.0526. The molecule has 0 spiro atoms.